The highest BCUT2D eigenvalue weighted by atomic mass is 16.5. The summed E-state index contributed by atoms with van der Waals surface area (Å²) in [5, 5.41) is 11.9. The topological polar surface area (TPSA) is 80.2 Å². The number of hydrogen-bond donors (Lipinski definition) is 2. The summed E-state index contributed by atoms with van der Waals surface area (Å²) in [6.45, 7) is 8.00. The number of ether oxygens (including phenoxy) is 1. The molecule has 1 saturated heterocycles. The van der Waals surface area contributed by atoms with Crippen LogP contribution in [0.3, 0.4) is 0 Å². The molecule has 0 bridgehead atoms. The van der Waals surface area contributed by atoms with Gasteiger partial charge in [0, 0.05) is 26.2 Å². The highest BCUT2D eigenvalue weighted by molar-refractivity contribution is 5.82. The normalized spacial score (nSPS) is 21.1. The van der Waals surface area contributed by atoms with E-state index in [0.29, 0.717) is 13.2 Å². The average molecular weight is 251 g/mol. The van der Waals surface area contributed by atoms with E-state index in [-0.39, 0.29) is 11.9 Å². The summed E-state index contributed by atoms with van der Waals surface area (Å²) in [6.07, 6.45) is -0.266. The van der Waals surface area contributed by atoms with E-state index >= 15 is 0 Å². The SMILES string of the molecule is CCn1nc(C)cc1CN1CCOC(C(=N)N)C1. The zero-order valence-corrected chi connectivity index (χ0v) is 11.0. The molecule has 1 unspecified atom stereocenters. The first-order chi connectivity index (χ1) is 8.60. The van der Waals surface area contributed by atoms with Crippen LogP contribution in [0.5, 0.6) is 0 Å². The second-order valence-electron chi connectivity index (χ2n) is 4.64. The minimum Gasteiger partial charge on any atom is -0.385 e. The summed E-state index contributed by atoms with van der Waals surface area (Å²) >= 11 is 0. The van der Waals surface area contributed by atoms with Gasteiger partial charge in [0.25, 0.3) is 0 Å². The zero-order chi connectivity index (χ0) is 13.1. The maximum atomic E-state index is 7.45. The van der Waals surface area contributed by atoms with Gasteiger partial charge in [-0.05, 0) is 19.9 Å². The molecule has 6 nitrogen and oxygen atoms in total. The van der Waals surface area contributed by atoms with Gasteiger partial charge in [-0.3, -0.25) is 15.0 Å². The van der Waals surface area contributed by atoms with Crippen molar-refractivity contribution in [1.82, 2.24) is 14.7 Å². The summed E-state index contributed by atoms with van der Waals surface area (Å²) in [5.74, 6) is 0.111. The minimum atomic E-state index is -0.266. The van der Waals surface area contributed by atoms with Gasteiger partial charge in [0.1, 0.15) is 11.9 Å². The van der Waals surface area contributed by atoms with Gasteiger partial charge >= 0.3 is 0 Å². The molecule has 2 heterocycles. The molecule has 0 radical (unpaired) electrons. The van der Waals surface area contributed by atoms with Gasteiger partial charge < -0.3 is 10.5 Å². The summed E-state index contributed by atoms with van der Waals surface area (Å²) in [4.78, 5) is 2.26. The van der Waals surface area contributed by atoms with E-state index in [4.69, 9.17) is 15.9 Å². The fourth-order valence-corrected chi connectivity index (χ4v) is 2.26. The molecule has 1 aromatic rings. The van der Waals surface area contributed by atoms with E-state index in [1.54, 1.807) is 0 Å². The van der Waals surface area contributed by atoms with E-state index < -0.39 is 0 Å². The van der Waals surface area contributed by atoms with Crippen molar-refractivity contribution in [3.63, 3.8) is 0 Å². The van der Waals surface area contributed by atoms with Crippen LogP contribution in [0.4, 0.5) is 0 Å². The molecule has 1 fully saturated rings. The predicted molar refractivity (Wildman–Crippen MR) is 69.6 cm³/mol. The Morgan fingerprint density at radius 1 is 1.67 bits per heavy atom. The number of nitrogens with one attached hydrogen (secondary N) is 1. The molecule has 1 aliphatic rings. The van der Waals surface area contributed by atoms with E-state index in [9.17, 15) is 0 Å². The Bertz CT molecular complexity index is 428. The quantitative estimate of drug-likeness (QED) is 0.597. The number of morpholine rings is 1. The molecule has 2 rings (SSSR count). The van der Waals surface area contributed by atoms with Crippen LogP contribution in [-0.2, 0) is 17.8 Å². The standard InChI is InChI=1S/C12H21N5O/c1-3-17-10(6-9(2)15-17)7-16-4-5-18-11(8-16)12(13)14/h6,11H,3-5,7-8H2,1-2H3,(H3,13,14). The lowest BCUT2D eigenvalue weighted by Crippen LogP contribution is -2.47. The number of aryl methyl sites for hydroxylation is 2. The third kappa shape index (κ3) is 2.88. The first kappa shape index (κ1) is 13.0. The minimum absolute atomic E-state index is 0.111. The first-order valence-electron chi connectivity index (χ1n) is 6.31. The van der Waals surface area contributed by atoms with Gasteiger partial charge in [-0.15, -0.1) is 0 Å². The molecule has 0 spiro atoms. The Balaban J connectivity index is 2.02. The van der Waals surface area contributed by atoms with Gasteiger partial charge in [0.2, 0.25) is 0 Å². The molecule has 1 aliphatic heterocycles. The molecule has 1 aromatic heterocycles. The van der Waals surface area contributed by atoms with Crippen LogP contribution in [0.1, 0.15) is 18.3 Å². The van der Waals surface area contributed by atoms with Crippen LogP contribution in [0.2, 0.25) is 0 Å². The van der Waals surface area contributed by atoms with E-state index in [2.05, 4.69) is 23.0 Å². The third-order valence-corrected chi connectivity index (χ3v) is 3.17. The van der Waals surface area contributed by atoms with E-state index in [1.165, 1.54) is 5.69 Å². The maximum Gasteiger partial charge on any atom is 0.127 e. The Labute approximate surface area is 107 Å². The van der Waals surface area contributed by atoms with Crippen molar-refractivity contribution in [3.05, 3.63) is 17.5 Å². The van der Waals surface area contributed by atoms with E-state index in [0.717, 1.165) is 25.3 Å². The number of amidine groups is 1. The fourth-order valence-electron chi connectivity index (χ4n) is 2.26. The van der Waals surface area contributed by atoms with Crippen LogP contribution < -0.4 is 5.73 Å². The first-order valence-corrected chi connectivity index (χ1v) is 6.31. The average Bonchev–Trinajstić information content (AvgIpc) is 2.69. The van der Waals surface area contributed by atoms with Crippen LogP contribution in [0.25, 0.3) is 0 Å². The van der Waals surface area contributed by atoms with Crippen molar-refractivity contribution in [2.24, 2.45) is 5.73 Å². The lowest BCUT2D eigenvalue weighted by atomic mass is 10.2. The predicted octanol–water partition coefficient (Wildman–Crippen LogP) is 0.348. The van der Waals surface area contributed by atoms with Crippen molar-refractivity contribution in [2.45, 2.75) is 33.0 Å². The number of aromatic nitrogens is 2. The third-order valence-electron chi connectivity index (χ3n) is 3.17. The molecule has 1 atom stereocenters. The number of rotatable bonds is 4. The van der Waals surface area contributed by atoms with Gasteiger partial charge in [-0.1, -0.05) is 0 Å². The van der Waals surface area contributed by atoms with Gasteiger partial charge in [0.15, 0.2) is 0 Å². The van der Waals surface area contributed by atoms with Crippen molar-refractivity contribution in [3.8, 4) is 0 Å². The van der Waals surface area contributed by atoms with Gasteiger partial charge in [-0.2, -0.15) is 5.10 Å². The molecule has 0 amide bonds. The molecule has 0 aliphatic carbocycles. The summed E-state index contributed by atoms with van der Waals surface area (Å²) < 4.78 is 7.48. The zero-order valence-electron chi connectivity index (χ0n) is 11.0. The Kier molecular flexibility index (Phi) is 3.98. The maximum absolute atomic E-state index is 7.45. The largest absolute Gasteiger partial charge is 0.385 e. The van der Waals surface area contributed by atoms with Crippen LogP contribution in [0, 0.1) is 12.3 Å². The van der Waals surface area contributed by atoms with Crippen molar-refractivity contribution in [2.75, 3.05) is 19.7 Å². The highest BCUT2D eigenvalue weighted by Gasteiger charge is 2.23. The molecular weight excluding hydrogens is 230 g/mol. The van der Waals surface area contributed by atoms with Crippen molar-refractivity contribution < 1.29 is 4.74 Å². The summed E-state index contributed by atoms with van der Waals surface area (Å²) in [7, 11) is 0. The summed E-state index contributed by atoms with van der Waals surface area (Å²) in [5.41, 5.74) is 7.75. The fraction of sp³-hybridized carbons (Fsp3) is 0.667. The molecule has 0 saturated carbocycles. The second-order valence-corrected chi connectivity index (χ2v) is 4.64. The number of nitrogens with zero attached hydrogens (tertiary/aromatic N) is 3. The molecule has 100 valence electrons. The van der Waals surface area contributed by atoms with Crippen LogP contribution >= 0.6 is 0 Å². The molecular formula is C12H21N5O. The van der Waals surface area contributed by atoms with Gasteiger partial charge in [-0.25, -0.2) is 0 Å². The van der Waals surface area contributed by atoms with Crippen molar-refractivity contribution in [1.29, 1.82) is 5.41 Å². The van der Waals surface area contributed by atoms with Crippen LogP contribution in [-0.4, -0.2) is 46.3 Å². The van der Waals surface area contributed by atoms with Gasteiger partial charge in [0.05, 0.1) is 18.0 Å². The Hall–Kier alpha value is -1.40. The lowest BCUT2D eigenvalue weighted by Gasteiger charge is -2.32. The molecule has 3 N–H and O–H groups in total. The Morgan fingerprint density at radius 3 is 3.11 bits per heavy atom. The summed E-state index contributed by atoms with van der Waals surface area (Å²) in [6, 6.07) is 2.11. The number of nitrogens with two attached hydrogens (primary N) is 1. The number of hydrogen-bond acceptors (Lipinski definition) is 4. The Morgan fingerprint density at radius 2 is 2.44 bits per heavy atom. The second kappa shape index (κ2) is 5.49. The molecule has 0 aromatic carbocycles. The monoisotopic (exact) mass is 251 g/mol. The van der Waals surface area contributed by atoms with E-state index in [1.807, 2.05) is 11.6 Å². The smallest absolute Gasteiger partial charge is 0.127 e. The van der Waals surface area contributed by atoms with Crippen LogP contribution in [0.15, 0.2) is 6.07 Å². The molecule has 6 heteroatoms. The highest BCUT2D eigenvalue weighted by Crippen LogP contribution is 2.12. The molecule has 18 heavy (non-hydrogen) atoms. The lowest BCUT2D eigenvalue weighted by molar-refractivity contribution is 0.00145. The van der Waals surface area contributed by atoms with Crippen molar-refractivity contribution >= 4 is 5.84 Å².